The normalized spacial score (nSPS) is 18.8. The molecule has 1 aliphatic rings. The van der Waals surface area contributed by atoms with E-state index in [0.717, 1.165) is 23.5 Å². The van der Waals surface area contributed by atoms with Gasteiger partial charge < -0.3 is 0 Å². The quantitative estimate of drug-likeness (QED) is 0.773. The summed E-state index contributed by atoms with van der Waals surface area (Å²) in [5, 5.41) is 2.86. The van der Waals surface area contributed by atoms with E-state index in [9.17, 15) is 8.42 Å². The largest absolute Gasteiger partial charge is 0.282 e. The molecule has 0 aliphatic carbocycles. The highest BCUT2D eigenvalue weighted by atomic mass is 35.5. The van der Waals surface area contributed by atoms with Gasteiger partial charge in [-0.2, -0.15) is 17.0 Å². The first-order valence-electron chi connectivity index (χ1n) is 6.62. The average molecular weight is 338 g/mol. The predicted molar refractivity (Wildman–Crippen MR) is 82.3 cm³/mol. The Kier molecular flexibility index (Phi) is 5.42. The van der Waals surface area contributed by atoms with E-state index in [2.05, 4.69) is 4.98 Å². The molecule has 1 fully saturated rings. The second-order valence-corrected chi connectivity index (χ2v) is 8.52. The van der Waals surface area contributed by atoms with E-state index >= 15 is 0 Å². The van der Waals surface area contributed by atoms with E-state index in [0.29, 0.717) is 31.4 Å². The first kappa shape index (κ1) is 16.2. The van der Waals surface area contributed by atoms with Gasteiger partial charge in [0.2, 0.25) is 0 Å². The standard InChI is InChI=1S/C12H20ClN3O2S2/c1-10-14-12(9-19-10)8-15(2)20(17,18)16-5-3-11(7-13)4-6-16/h9,11H,3-8H2,1-2H3. The lowest BCUT2D eigenvalue weighted by molar-refractivity contribution is 0.271. The van der Waals surface area contributed by atoms with E-state index in [-0.39, 0.29) is 0 Å². The lowest BCUT2D eigenvalue weighted by Crippen LogP contribution is -2.45. The zero-order chi connectivity index (χ0) is 14.8. The summed E-state index contributed by atoms with van der Waals surface area (Å²) >= 11 is 7.36. The molecule has 20 heavy (non-hydrogen) atoms. The summed E-state index contributed by atoms with van der Waals surface area (Å²) in [7, 11) is -1.79. The van der Waals surface area contributed by atoms with Gasteiger partial charge in [0.1, 0.15) is 0 Å². The Balaban J connectivity index is 1.99. The van der Waals surface area contributed by atoms with Gasteiger partial charge in [0.25, 0.3) is 10.2 Å². The van der Waals surface area contributed by atoms with Crippen molar-refractivity contribution in [2.75, 3.05) is 26.0 Å². The third-order valence-corrected chi connectivity index (χ3v) is 6.76. The molecule has 0 N–H and O–H groups in total. The van der Waals surface area contributed by atoms with Crippen LogP contribution in [0.4, 0.5) is 0 Å². The van der Waals surface area contributed by atoms with Gasteiger partial charge in [-0.3, -0.25) is 0 Å². The van der Waals surface area contributed by atoms with Gasteiger partial charge in [0.15, 0.2) is 0 Å². The maximum Gasteiger partial charge on any atom is 0.282 e. The average Bonchev–Trinajstić information content (AvgIpc) is 2.84. The number of thiazole rings is 1. The van der Waals surface area contributed by atoms with Crippen molar-refractivity contribution in [3.8, 4) is 0 Å². The molecule has 8 heteroatoms. The molecule has 0 spiro atoms. The Labute approximate surface area is 129 Å². The fourth-order valence-electron chi connectivity index (χ4n) is 2.28. The van der Waals surface area contributed by atoms with Gasteiger partial charge >= 0.3 is 0 Å². The molecule has 1 saturated heterocycles. The fourth-order valence-corrected chi connectivity index (χ4v) is 4.56. The number of alkyl halides is 1. The Bertz CT molecular complexity index is 539. The van der Waals surface area contributed by atoms with Crippen molar-refractivity contribution in [2.45, 2.75) is 26.3 Å². The second-order valence-electron chi connectivity index (χ2n) is 5.12. The summed E-state index contributed by atoms with van der Waals surface area (Å²) in [6, 6.07) is 0. The monoisotopic (exact) mass is 337 g/mol. The van der Waals surface area contributed by atoms with Gasteiger partial charge in [0, 0.05) is 31.4 Å². The topological polar surface area (TPSA) is 53.5 Å². The molecule has 1 aromatic heterocycles. The molecular weight excluding hydrogens is 318 g/mol. The molecule has 1 aromatic rings. The van der Waals surface area contributed by atoms with Crippen LogP contribution >= 0.6 is 22.9 Å². The van der Waals surface area contributed by atoms with Crippen LogP contribution in [0.25, 0.3) is 0 Å². The fraction of sp³-hybridized carbons (Fsp3) is 0.750. The maximum absolute atomic E-state index is 12.5. The van der Waals surface area contributed by atoms with E-state index < -0.39 is 10.2 Å². The third kappa shape index (κ3) is 3.71. The summed E-state index contributed by atoms with van der Waals surface area (Å²) < 4.78 is 27.9. The number of piperidine rings is 1. The van der Waals surface area contributed by atoms with Crippen LogP contribution in [-0.2, 0) is 16.8 Å². The zero-order valence-electron chi connectivity index (χ0n) is 11.7. The van der Waals surface area contributed by atoms with Gasteiger partial charge in [-0.05, 0) is 25.7 Å². The van der Waals surface area contributed by atoms with Crippen molar-refractivity contribution in [2.24, 2.45) is 5.92 Å². The first-order chi connectivity index (χ1) is 9.43. The van der Waals surface area contributed by atoms with E-state index in [1.54, 1.807) is 11.4 Å². The Morgan fingerprint density at radius 3 is 2.65 bits per heavy atom. The minimum absolute atomic E-state index is 0.322. The third-order valence-electron chi connectivity index (χ3n) is 3.56. The lowest BCUT2D eigenvalue weighted by atomic mass is 10.0. The van der Waals surface area contributed by atoms with Crippen LogP contribution in [0.5, 0.6) is 0 Å². The smallest absolute Gasteiger partial charge is 0.245 e. The number of hydrogen-bond acceptors (Lipinski definition) is 4. The van der Waals surface area contributed by atoms with Crippen molar-refractivity contribution < 1.29 is 8.42 Å². The summed E-state index contributed by atoms with van der Waals surface area (Å²) in [6.07, 6.45) is 1.68. The Morgan fingerprint density at radius 1 is 1.50 bits per heavy atom. The van der Waals surface area contributed by atoms with Gasteiger partial charge in [0.05, 0.1) is 17.2 Å². The SMILES string of the molecule is Cc1nc(CN(C)S(=O)(=O)N2CCC(CCl)CC2)cs1. The van der Waals surface area contributed by atoms with Crippen LogP contribution in [0.15, 0.2) is 5.38 Å². The first-order valence-corrected chi connectivity index (χ1v) is 9.43. The summed E-state index contributed by atoms with van der Waals surface area (Å²) in [5.74, 6) is 1.05. The van der Waals surface area contributed by atoms with Crippen LogP contribution in [0.3, 0.4) is 0 Å². The molecule has 5 nitrogen and oxygen atoms in total. The van der Waals surface area contributed by atoms with Crippen LogP contribution in [-0.4, -0.2) is 48.0 Å². The van der Waals surface area contributed by atoms with Crippen LogP contribution in [0, 0.1) is 12.8 Å². The number of rotatable bonds is 5. The molecule has 0 atom stereocenters. The van der Waals surface area contributed by atoms with Crippen molar-refractivity contribution in [1.82, 2.24) is 13.6 Å². The molecule has 0 radical (unpaired) electrons. The van der Waals surface area contributed by atoms with E-state index in [1.807, 2.05) is 12.3 Å². The molecular formula is C12H20ClN3O2S2. The molecule has 0 unspecified atom stereocenters. The van der Waals surface area contributed by atoms with Gasteiger partial charge in [-0.1, -0.05) is 0 Å². The van der Waals surface area contributed by atoms with Gasteiger partial charge in [-0.15, -0.1) is 22.9 Å². The molecule has 0 aromatic carbocycles. The predicted octanol–water partition coefficient (Wildman–Crippen LogP) is 2.08. The van der Waals surface area contributed by atoms with Crippen LogP contribution < -0.4 is 0 Å². The van der Waals surface area contributed by atoms with E-state index in [1.165, 1.54) is 15.6 Å². The van der Waals surface area contributed by atoms with Crippen molar-refractivity contribution in [3.63, 3.8) is 0 Å². The summed E-state index contributed by atoms with van der Waals surface area (Å²) in [6.45, 7) is 3.35. The molecule has 2 rings (SSSR count). The number of aryl methyl sites for hydroxylation is 1. The number of nitrogens with zero attached hydrogens (tertiary/aromatic N) is 3. The highest BCUT2D eigenvalue weighted by molar-refractivity contribution is 7.86. The molecule has 1 aliphatic heterocycles. The number of halogens is 1. The highest BCUT2D eigenvalue weighted by Crippen LogP contribution is 2.22. The van der Waals surface area contributed by atoms with Crippen LogP contribution in [0.2, 0.25) is 0 Å². The summed E-state index contributed by atoms with van der Waals surface area (Å²) in [4.78, 5) is 4.31. The Hall–Kier alpha value is -0.210. The zero-order valence-corrected chi connectivity index (χ0v) is 14.1. The van der Waals surface area contributed by atoms with Gasteiger partial charge in [-0.25, -0.2) is 4.98 Å². The highest BCUT2D eigenvalue weighted by Gasteiger charge is 2.31. The van der Waals surface area contributed by atoms with Crippen molar-refractivity contribution in [3.05, 3.63) is 16.1 Å². The van der Waals surface area contributed by atoms with Crippen molar-refractivity contribution in [1.29, 1.82) is 0 Å². The minimum Gasteiger partial charge on any atom is -0.245 e. The van der Waals surface area contributed by atoms with Crippen LogP contribution in [0.1, 0.15) is 23.5 Å². The molecule has 0 saturated carbocycles. The molecule has 0 bridgehead atoms. The maximum atomic E-state index is 12.5. The molecule has 2 heterocycles. The molecule has 114 valence electrons. The van der Waals surface area contributed by atoms with E-state index in [4.69, 9.17) is 11.6 Å². The van der Waals surface area contributed by atoms with Crippen molar-refractivity contribution >= 4 is 33.1 Å². The minimum atomic E-state index is -3.39. The second kappa shape index (κ2) is 6.70. The Morgan fingerprint density at radius 2 is 2.15 bits per heavy atom. The number of hydrogen-bond donors (Lipinski definition) is 0. The molecule has 0 amide bonds. The summed E-state index contributed by atoms with van der Waals surface area (Å²) in [5.41, 5.74) is 0.800. The number of aromatic nitrogens is 1. The lowest BCUT2D eigenvalue weighted by Gasteiger charge is -2.32.